The Morgan fingerprint density at radius 2 is 2.31 bits per heavy atom. The first-order valence-corrected chi connectivity index (χ1v) is 5.08. The van der Waals surface area contributed by atoms with E-state index < -0.39 is 0 Å². The van der Waals surface area contributed by atoms with Gasteiger partial charge in [-0.3, -0.25) is 0 Å². The highest BCUT2D eigenvalue weighted by atomic mass is 79.9. The van der Waals surface area contributed by atoms with Crippen LogP contribution in [0.2, 0.25) is 0 Å². The summed E-state index contributed by atoms with van der Waals surface area (Å²) in [5.74, 6) is 0. The number of benzene rings is 1. The smallest absolute Gasteiger partial charge is 0.105 e. The molecule has 0 bridgehead atoms. The highest BCUT2D eigenvalue weighted by Crippen LogP contribution is 2.14. The van der Waals surface area contributed by atoms with Crippen LogP contribution in [0.1, 0.15) is 5.56 Å². The zero-order chi connectivity index (χ0) is 9.10. The molecule has 0 aromatic heterocycles. The van der Waals surface area contributed by atoms with Crippen molar-refractivity contribution in [3.05, 3.63) is 34.3 Å². The lowest BCUT2D eigenvalue weighted by Gasteiger charge is -2.25. The Bertz CT molecular complexity index is 284. The third-order valence-electron chi connectivity index (χ3n) is 1.98. The van der Waals surface area contributed by atoms with Crippen LogP contribution in [-0.2, 0) is 16.1 Å². The summed E-state index contributed by atoms with van der Waals surface area (Å²) in [6, 6.07) is 8.15. The van der Waals surface area contributed by atoms with Gasteiger partial charge in [-0.15, -0.1) is 0 Å². The van der Waals surface area contributed by atoms with Crippen LogP contribution in [0.5, 0.6) is 0 Å². The largest absolute Gasteiger partial charge is 0.376 e. The maximum Gasteiger partial charge on any atom is 0.105 e. The van der Waals surface area contributed by atoms with Crippen molar-refractivity contribution in [3.63, 3.8) is 0 Å². The van der Waals surface area contributed by atoms with Crippen LogP contribution in [0, 0.1) is 0 Å². The third-order valence-corrected chi connectivity index (χ3v) is 2.48. The molecular weight excluding hydrogens is 232 g/mol. The first-order valence-electron chi connectivity index (χ1n) is 4.28. The average Bonchev–Trinajstić information content (AvgIpc) is 2.01. The van der Waals surface area contributed by atoms with Gasteiger partial charge in [-0.2, -0.15) is 0 Å². The molecular formula is C10H11BrO2. The van der Waals surface area contributed by atoms with Crippen molar-refractivity contribution >= 4 is 15.9 Å². The van der Waals surface area contributed by atoms with Gasteiger partial charge >= 0.3 is 0 Å². The van der Waals surface area contributed by atoms with Crippen molar-refractivity contribution in [1.29, 1.82) is 0 Å². The topological polar surface area (TPSA) is 18.5 Å². The highest BCUT2D eigenvalue weighted by molar-refractivity contribution is 9.10. The van der Waals surface area contributed by atoms with Crippen LogP contribution in [0.3, 0.4) is 0 Å². The van der Waals surface area contributed by atoms with E-state index in [-0.39, 0.29) is 0 Å². The summed E-state index contributed by atoms with van der Waals surface area (Å²) in [5, 5.41) is 0. The zero-order valence-corrected chi connectivity index (χ0v) is 8.79. The van der Waals surface area contributed by atoms with Crippen LogP contribution in [0.25, 0.3) is 0 Å². The Balaban J connectivity index is 1.86. The van der Waals surface area contributed by atoms with E-state index in [4.69, 9.17) is 9.47 Å². The van der Waals surface area contributed by atoms with E-state index in [1.165, 1.54) is 5.56 Å². The Morgan fingerprint density at radius 3 is 2.92 bits per heavy atom. The molecule has 1 aliphatic rings. The van der Waals surface area contributed by atoms with Gasteiger partial charge in [0.05, 0.1) is 19.8 Å². The Hall–Kier alpha value is -0.380. The minimum absolute atomic E-state index is 0.305. The van der Waals surface area contributed by atoms with Gasteiger partial charge in [-0.25, -0.2) is 0 Å². The second kappa shape index (κ2) is 4.22. The van der Waals surface area contributed by atoms with Gasteiger partial charge in [-0.05, 0) is 17.7 Å². The molecule has 1 aromatic rings. The molecule has 0 saturated carbocycles. The SMILES string of the molecule is Brc1cccc(COC2COC2)c1. The van der Waals surface area contributed by atoms with Crippen LogP contribution in [0.15, 0.2) is 28.7 Å². The fourth-order valence-electron chi connectivity index (χ4n) is 1.15. The zero-order valence-electron chi connectivity index (χ0n) is 7.20. The average molecular weight is 243 g/mol. The first-order chi connectivity index (χ1) is 6.34. The number of ether oxygens (including phenoxy) is 2. The summed E-state index contributed by atoms with van der Waals surface area (Å²) >= 11 is 3.42. The molecule has 0 unspecified atom stereocenters. The molecule has 1 aromatic carbocycles. The van der Waals surface area contributed by atoms with E-state index in [2.05, 4.69) is 28.1 Å². The second-order valence-electron chi connectivity index (χ2n) is 3.10. The molecule has 2 nitrogen and oxygen atoms in total. The minimum Gasteiger partial charge on any atom is -0.376 e. The predicted molar refractivity (Wildman–Crippen MR) is 53.5 cm³/mol. The molecule has 0 atom stereocenters. The summed E-state index contributed by atoms with van der Waals surface area (Å²) in [5.41, 5.74) is 1.20. The summed E-state index contributed by atoms with van der Waals surface area (Å²) in [6.45, 7) is 2.16. The van der Waals surface area contributed by atoms with Crippen molar-refractivity contribution in [1.82, 2.24) is 0 Å². The van der Waals surface area contributed by atoms with Crippen LogP contribution in [-0.4, -0.2) is 19.3 Å². The van der Waals surface area contributed by atoms with E-state index in [1.807, 2.05) is 12.1 Å². The number of rotatable bonds is 3. The summed E-state index contributed by atoms with van der Waals surface area (Å²) in [7, 11) is 0. The van der Waals surface area contributed by atoms with Crippen LogP contribution >= 0.6 is 15.9 Å². The van der Waals surface area contributed by atoms with Gasteiger partial charge in [0.2, 0.25) is 0 Å². The lowest BCUT2D eigenvalue weighted by Crippen LogP contribution is -2.35. The molecule has 0 aliphatic carbocycles. The van der Waals surface area contributed by atoms with Gasteiger partial charge in [-0.1, -0.05) is 28.1 Å². The van der Waals surface area contributed by atoms with Crippen molar-refractivity contribution in [2.24, 2.45) is 0 Å². The fraction of sp³-hybridized carbons (Fsp3) is 0.400. The number of hydrogen-bond acceptors (Lipinski definition) is 2. The third kappa shape index (κ3) is 2.53. The molecule has 0 radical (unpaired) electrons. The maximum atomic E-state index is 5.57. The van der Waals surface area contributed by atoms with Crippen LogP contribution in [0.4, 0.5) is 0 Å². The van der Waals surface area contributed by atoms with Crippen molar-refractivity contribution < 1.29 is 9.47 Å². The molecule has 1 heterocycles. The number of hydrogen-bond donors (Lipinski definition) is 0. The standard InChI is InChI=1S/C10H11BrO2/c11-9-3-1-2-8(4-9)5-13-10-6-12-7-10/h1-4,10H,5-7H2. The molecule has 0 N–H and O–H groups in total. The van der Waals surface area contributed by atoms with Gasteiger partial charge < -0.3 is 9.47 Å². The van der Waals surface area contributed by atoms with E-state index >= 15 is 0 Å². The molecule has 1 aliphatic heterocycles. The molecule has 0 amide bonds. The Morgan fingerprint density at radius 1 is 1.46 bits per heavy atom. The van der Waals surface area contributed by atoms with Crippen molar-refractivity contribution in [2.75, 3.05) is 13.2 Å². The Kier molecular flexibility index (Phi) is 2.98. The first kappa shape index (κ1) is 9.19. The second-order valence-corrected chi connectivity index (χ2v) is 4.02. The lowest BCUT2D eigenvalue weighted by atomic mass is 10.2. The molecule has 70 valence electrons. The summed E-state index contributed by atoms with van der Waals surface area (Å²) in [6.07, 6.45) is 0.305. The van der Waals surface area contributed by atoms with Gasteiger partial charge in [0.1, 0.15) is 6.10 Å². The predicted octanol–water partition coefficient (Wildman–Crippen LogP) is 2.36. The normalized spacial score (nSPS) is 17.0. The van der Waals surface area contributed by atoms with E-state index in [1.54, 1.807) is 0 Å². The molecule has 1 saturated heterocycles. The summed E-state index contributed by atoms with van der Waals surface area (Å²) < 4.78 is 11.7. The maximum absolute atomic E-state index is 5.57. The van der Waals surface area contributed by atoms with E-state index in [0.717, 1.165) is 17.7 Å². The highest BCUT2D eigenvalue weighted by Gasteiger charge is 2.18. The van der Waals surface area contributed by atoms with Gasteiger partial charge in [0.15, 0.2) is 0 Å². The van der Waals surface area contributed by atoms with Crippen molar-refractivity contribution in [3.8, 4) is 0 Å². The minimum atomic E-state index is 0.305. The lowest BCUT2D eigenvalue weighted by molar-refractivity contribution is -0.135. The Labute approximate surface area is 86.0 Å². The van der Waals surface area contributed by atoms with Crippen molar-refractivity contribution in [2.45, 2.75) is 12.7 Å². The molecule has 2 rings (SSSR count). The monoisotopic (exact) mass is 242 g/mol. The molecule has 1 fully saturated rings. The molecule has 0 spiro atoms. The van der Waals surface area contributed by atoms with E-state index in [9.17, 15) is 0 Å². The molecule has 3 heteroatoms. The number of halogens is 1. The van der Waals surface area contributed by atoms with Gasteiger partial charge in [0.25, 0.3) is 0 Å². The molecule has 13 heavy (non-hydrogen) atoms. The quantitative estimate of drug-likeness (QED) is 0.811. The van der Waals surface area contributed by atoms with Gasteiger partial charge in [0, 0.05) is 4.47 Å². The fourth-order valence-corrected chi connectivity index (χ4v) is 1.60. The van der Waals surface area contributed by atoms with Crippen LogP contribution < -0.4 is 0 Å². The van der Waals surface area contributed by atoms with E-state index in [0.29, 0.717) is 12.7 Å². The summed E-state index contributed by atoms with van der Waals surface area (Å²) in [4.78, 5) is 0.